The van der Waals surface area contributed by atoms with Gasteiger partial charge in [0.1, 0.15) is 0 Å². The van der Waals surface area contributed by atoms with Crippen LogP contribution in [0.15, 0.2) is 18.6 Å². The van der Waals surface area contributed by atoms with E-state index in [1.54, 1.807) is 23.3 Å². The van der Waals surface area contributed by atoms with E-state index in [9.17, 15) is 9.90 Å². The smallest absolute Gasteiger partial charge is 0.272 e. The average molecular weight is 369 g/mol. The molecule has 0 aromatic carbocycles. The lowest BCUT2D eigenvalue weighted by Crippen LogP contribution is -2.45. The van der Waals surface area contributed by atoms with Crippen molar-refractivity contribution in [2.24, 2.45) is 11.8 Å². The van der Waals surface area contributed by atoms with E-state index in [-0.39, 0.29) is 24.5 Å². The number of fused-ring (bicyclic) bond motifs is 3. The van der Waals surface area contributed by atoms with Gasteiger partial charge in [-0.3, -0.25) is 9.78 Å². The maximum absolute atomic E-state index is 13.0. The van der Waals surface area contributed by atoms with Crippen LogP contribution < -0.4 is 5.32 Å². The SMILES string of the molecule is O=C(N[C@H](CO)C1CCOCC1)c1nn(-c2cnccn2)c2c1C[C@H]1C[C@@H]21. The minimum atomic E-state index is -0.269. The van der Waals surface area contributed by atoms with E-state index in [0.29, 0.717) is 36.6 Å². The maximum atomic E-state index is 13.0. The molecular formula is C19H23N5O3. The molecule has 8 heteroatoms. The van der Waals surface area contributed by atoms with Gasteiger partial charge in [-0.15, -0.1) is 0 Å². The van der Waals surface area contributed by atoms with Gasteiger partial charge >= 0.3 is 0 Å². The number of rotatable bonds is 5. The van der Waals surface area contributed by atoms with Crippen molar-refractivity contribution in [3.8, 4) is 5.82 Å². The van der Waals surface area contributed by atoms with Crippen molar-refractivity contribution in [2.45, 2.75) is 37.6 Å². The molecule has 27 heavy (non-hydrogen) atoms. The van der Waals surface area contributed by atoms with Crippen molar-refractivity contribution in [3.63, 3.8) is 0 Å². The molecule has 2 aromatic rings. The van der Waals surface area contributed by atoms with Crippen LogP contribution in [0, 0.1) is 11.8 Å². The molecule has 8 nitrogen and oxygen atoms in total. The molecule has 1 saturated carbocycles. The van der Waals surface area contributed by atoms with Crippen LogP contribution in [0.2, 0.25) is 0 Å². The summed E-state index contributed by atoms with van der Waals surface area (Å²) in [6.45, 7) is 1.28. The average Bonchev–Trinajstić information content (AvgIpc) is 3.22. The molecule has 3 atom stereocenters. The topological polar surface area (TPSA) is 102 Å². The third kappa shape index (κ3) is 2.93. The Hall–Kier alpha value is -2.32. The number of carbonyl (C=O) groups excluding carboxylic acids is 1. The van der Waals surface area contributed by atoms with Crippen molar-refractivity contribution < 1.29 is 14.6 Å². The van der Waals surface area contributed by atoms with Gasteiger partial charge in [0.15, 0.2) is 11.5 Å². The Morgan fingerprint density at radius 2 is 2.22 bits per heavy atom. The number of aromatic nitrogens is 4. The Morgan fingerprint density at radius 3 is 2.96 bits per heavy atom. The monoisotopic (exact) mass is 369 g/mol. The summed E-state index contributed by atoms with van der Waals surface area (Å²) in [7, 11) is 0. The van der Waals surface area contributed by atoms with Crippen LogP contribution in [0.1, 0.15) is 46.9 Å². The molecule has 0 bridgehead atoms. The van der Waals surface area contributed by atoms with E-state index in [2.05, 4.69) is 20.4 Å². The van der Waals surface area contributed by atoms with Crippen LogP contribution in [0.4, 0.5) is 0 Å². The second-order valence-corrected chi connectivity index (χ2v) is 7.71. The summed E-state index contributed by atoms with van der Waals surface area (Å²) in [6, 6.07) is -0.269. The van der Waals surface area contributed by atoms with Gasteiger partial charge in [-0.1, -0.05) is 0 Å². The number of nitrogens with zero attached hydrogens (tertiary/aromatic N) is 4. The molecule has 3 heterocycles. The molecule has 2 fully saturated rings. The van der Waals surface area contributed by atoms with E-state index in [1.807, 2.05) is 0 Å². The summed E-state index contributed by atoms with van der Waals surface area (Å²) in [6.07, 6.45) is 8.67. The lowest BCUT2D eigenvalue weighted by molar-refractivity contribution is 0.0418. The minimum absolute atomic E-state index is 0.0747. The molecule has 0 spiro atoms. The lowest BCUT2D eigenvalue weighted by Gasteiger charge is -2.29. The van der Waals surface area contributed by atoms with Gasteiger partial charge in [-0.05, 0) is 37.5 Å². The fourth-order valence-electron chi connectivity index (χ4n) is 4.54. The van der Waals surface area contributed by atoms with E-state index in [0.717, 1.165) is 36.9 Å². The van der Waals surface area contributed by atoms with Crippen LogP contribution in [-0.4, -0.2) is 56.6 Å². The molecule has 1 saturated heterocycles. The highest BCUT2D eigenvalue weighted by atomic mass is 16.5. The zero-order valence-corrected chi connectivity index (χ0v) is 15.0. The van der Waals surface area contributed by atoms with E-state index >= 15 is 0 Å². The molecular weight excluding hydrogens is 346 g/mol. The summed E-state index contributed by atoms with van der Waals surface area (Å²) in [5.74, 6) is 1.76. The van der Waals surface area contributed by atoms with Crippen LogP contribution >= 0.6 is 0 Å². The number of carbonyl (C=O) groups is 1. The van der Waals surface area contributed by atoms with Crippen LogP contribution in [0.25, 0.3) is 5.82 Å². The number of ether oxygens (including phenoxy) is 1. The van der Waals surface area contributed by atoms with Gasteiger partial charge in [-0.2, -0.15) is 5.10 Å². The van der Waals surface area contributed by atoms with Gasteiger partial charge in [0.2, 0.25) is 0 Å². The van der Waals surface area contributed by atoms with E-state index in [4.69, 9.17) is 4.74 Å². The third-order valence-electron chi connectivity index (χ3n) is 6.09. The molecule has 1 aliphatic heterocycles. The van der Waals surface area contributed by atoms with Gasteiger partial charge in [0, 0.05) is 37.1 Å². The first-order valence-electron chi connectivity index (χ1n) is 9.64. The summed E-state index contributed by atoms with van der Waals surface area (Å²) in [5, 5.41) is 17.4. The van der Waals surface area contributed by atoms with E-state index < -0.39 is 0 Å². The molecule has 0 radical (unpaired) electrons. The van der Waals surface area contributed by atoms with Crippen LogP contribution in [-0.2, 0) is 11.2 Å². The first-order valence-corrected chi connectivity index (χ1v) is 9.64. The second-order valence-electron chi connectivity index (χ2n) is 7.71. The highest BCUT2D eigenvalue weighted by molar-refractivity contribution is 5.94. The Labute approximate surface area is 157 Å². The molecule has 5 rings (SSSR count). The first kappa shape index (κ1) is 16.8. The van der Waals surface area contributed by atoms with Gasteiger partial charge in [-0.25, -0.2) is 9.67 Å². The van der Waals surface area contributed by atoms with Crippen molar-refractivity contribution in [1.82, 2.24) is 25.1 Å². The fourth-order valence-corrected chi connectivity index (χ4v) is 4.54. The number of hydrogen-bond acceptors (Lipinski definition) is 6. The predicted molar refractivity (Wildman–Crippen MR) is 95.6 cm³/mol. The lowest BCUT2D eigenvalue weighted by atomic mass is 9.92. The van der Waals surface area contributed by atoms with Crippen LogP contribution in [0.3, 0.4) is 0 Å². The molecule has 142 valence electrons. The first-order chi connectivity index (χ1) is 13.3. The molecule has 0 unspecified atom stereocenters. The normalized spacial score (nSPS) is 24.9. The summed E-state index contributed by atoms with van der Waals surface area (Å²) >= 11 is 0. The molecule has 1 amide bonds. The number of amides is 1. The summed E-state index contributed by atoms with van der Waals surface area (Å²) in [4.78, 5) is 21.5. The Balaban J connectivity index is 1.43. The highest BCUT2D eigenvalue weighted by Gasteiger charge is 2.50. The Morgan fingerprint density at radius 1 is 1.37 bits per heavy atom. The summed E-state index contributed by atoms with van der Waals surface area (Å²) in [5.41, 5.74) is 2.61. The van der Waals surface area contributed by atoms with Gasteiger partial charge in [0.25, 0.3) is 5.91 Å². The second kappa shape index (κ2) is 6.69. The van der Waals surface area contributed by atoms with Crippen LogP contribution in [0.5, 0.6) is 0 Å². The van der Waals surface area contributed by atoms with Crippen molar-refractivity contribution in [2.75, 3.05) is 19.8 Å². The molecule has 2 aromatic heterocycles. The molecule has 2 N–H and O–H groups in total. The van der Waals surface area contributed by atoms with Crippen molar-refractivity contribution in [3.05, 3.63) is 35.5 Å². The quantitative estimate of drug-likeness (QED) is 0.810. The third-order valence-corrected chi connectivity index (χ3v) is 6.09. The zero-order valence-electron chi connectivity index (χ0n) is 15.0. The summed E-state index contributed by atoms with van der Waals surface area (Å²) < 4.78 is 7.18. The van der Waals surface area contributed by atoms with Gasteiger partial charge < -0.3 is 15.2 Å². The Kier molecular flexibility index (Phi) is 4.17. The molecule has 2 aliphatic carbocycles. The fraction of sp³-hybridized carbons (Fsp3) is 0.579. The predicted octanol–water partition coefficient (Wildman–Crippen LogP) is 0.839. The number of aliphatic hydroxyl groups excluding tert-OH is 1. The zero-order chi connectivity index (χ0) is 18.4. The molecule has 3 aliphatic rings. The number of aliphatic hydroxyl groups is 1. The highest BCUT2D eigenvalue weighted by Crippen LogP contribution is 2.57. The Bertz CT molecular complexity index is 847. The number of nitrogens with one attached hydrogen (secondary N) is 1. The number of hydrogen-bond donors (Lipinski definition) is 2. The van der Waals surface area contributed by atoms with Crippen molar-refractivity contribution in [1.29, 1.82) is 0 Å². The standard InChI is InChI=1S/C19H23N5O3/c25-10-15(11-1-5-27-6-2-11)22-19(26)17-14-8-12-7-13(12)18(14)24(23-17)16-9-20-3-4-21-16/h3-4,9,11-13,15,25H,1-2,5-8,10H2,(H,22,26)/t12-,13-,15-/m1/s1. The van der Waals surface area contributed by atoms with Gasteiger partial charge in [0.05, 0.1) is 24.5 Å². The largest absolute Gasteiger partial charge is 0.394 e. The minimum Gasteiger partial charge on any atom is -0.394 e. The maximum Gasteiger partial charge on any atom is 0.272 e. The van der Waals surface area contributed by atoms with Crippen molar-refractivity contribution >= 4 is 5.91 Å². The van der Waals surface area contributed by atoms with E-state index in [1.165, 1.54) is 0 Å².